The van der Waals surface area contributed by atoms with Crippen LogP contribution in [0.4, 0.5) is 4.39 Å². The van der Waals surface area contributed by atoms with Crippen LogP contribution in [0.25, 0.3) is 0 Å². The van der Waals surface area contributed by atoms with E-state index < -0.39 is 15.8 Å². The van der Waals surface area contributed by atoms with E-state index in [4.69, 9.17) is 11.6 Å². The van der Waals surface area contributed by atoms with Crippen molar-refractivity contribution < 1.29 is 12.8 Å². The third-order valence-corrected chi connectivity index (χ3v) is 4.34. The summed E-state index contributed by atoms with van der Waals surface area (Å²) < 4.78 is 37.8. The molecule has 1 aromatic carbocycles. The predicted octanol–water partition coefficient (Wildman–Crippen LogP) is 2.15. The van der Waals surface area contributed by atoms with Gasteiger partial charge in [-0.05, 0) is 35.1 Å². The lowest BCUT2D eigenvalue weighted by Crippen LogP contribution is -2.19. The van der Waals surface area contributed by atoms with Crippen molar-refractivity contribution in [2.24, 2.45) is 0 Å². The molecular formula is C7H6BrClFNO2S. The molecule has 0 atom stereocenters. The summed E-state index contributed by atoms with van der Waals surface area (Å²) in [5.74, 6) is -0.789. The quantitative estimate of drug-likeness (QED) is 0.851. The molecule has 0 heterocycles. The van der Waals surface area contributed by atoms with E-state index in [0.29, 0.717) is 0 Å². The molecule has 7 heteroatoms. The van der Waals surface area contributed by atoms with Crippen LogP contribution in [0.5, 0.6) is 0 Å². The molecule has 0 fully saturated rings. The molecule has 0 unspecified atom stereocenters. The van der Waals surface area contributed by atoms with Crippen LogP contribution in [0.3, 0.4) is 0 Å². The molecule has 0 aliphatic heterocycles. The van der Waals surface area contributed by atoms with Gasteiger partial charge in [-0.1, -0.05) is 11.6 Å². The van der Waals surface area contributed by atoms with Gasteiger partial charge in [-0.15, -0.1) is 0 Å². The van der Waals surface area contributed by atoms with Gasteiger partial charge in [0.05, 0.1) is 14.4 Å². The molecule has 1 rings (SSSR count). The van der Waals surface area contributed by atoms with Gasteiger partial charge in [0.1, 0.15) is 0 Å². The topological polar surface area (TPSA) is 46.2 Å². The average Bonchev–Trinajstić information content (AvgIpc) is 2.14. The first-order chi connectivity index (χ1) is 6.40. The summed E-state index contributed by atoms with van der Waals surface area (Å²) in [6, 6.07) is 2.41. The van der Waals surface area contributed by atoms with Crippen LogP contribution in [0, 0.1) is 5.82 Å². The van der Waals surface area contributed by atoms with E-state index in [2.05, 4.69) is 20.7 Å². The van der Waals surface area contributed by atoms with Gasteiger partial charge in [0.25, 0.3) is 0 Å². The average molecular weight is 303 g/mol. The van der Waals surface area contributed by atoms with Crippen molar-refractivity contribution in [1.82, 2.24) is 4.72 Å². The summed E-state index contributed by atoms with van der Waals surface area (Å²) in [5, 5.41) is -0.132. The molecule has 3 nitrogen and oxygen atoms in total. The second-order valence-electron chi connectivity index (χ2n) is 2.38. The maximum Gasteiger partial charge on any atom is 0.241 e. The highest BCUT2D eigenvalue weighted by Crippen LogP contribution is 2.29. The Kier molecular flexibility index (Phi) is 3.52. The monoisotopic (exact) mass is 301 g/mol. The molecule has 0 aliphatic carbocycles. The lowest BCUT2D eigenvalue weighted by Gasteiger charge is -2.06. The van der Waals surface area contributed by atoms with Gasteiger partial charge in [0.2, 0.25) is 10.0 Å². The highest BCUT2D eigenvalue weighted by Gasteiger charge is 2.19. The van der Waals surface area contributed by atoms with Crippen molar-refractivity contribution in [1.29, 1.82) is 0 Å². The van der Waals surface area contributed by atoms with Crippen LogP contribution in [0.15, 0.2) is 21.5 Å². The molecule has 78 valence electrons. The van der Waals surface area contributed by atoms with Gasteiger partial charge in [-0.25, -0.2) is 17.5 Å². The second-order valence-corrected chi connectivity index (χ2v) is 5.44. The molecule has 14 heavy (non-hydrogen) atoms. The Morgan fingerprint density at radius 1 is 1.50 bits per heavy atom. The van der Waals surface area contributed by atoms with E-state index in [1.54, 1.807) is 0 Å². The van der Waals surface area contributed by atoms with Gasteiger partial charge < -0.3 is 0 Å². The molecule has 1 N–H and O–H groups in total. The van der Waals surface area contributed by atoms with Crippen LogP contribution in [-0.4, -0.2) is 15.5 Å². The van der Waals surface area contributed by atoms with Crippen molar-refractivity contribution in [2.45, 2.75) is 4.90 Å². The Hall–Kier alpha value is -0.170. The molecule has 0 bridgehead atoms. The summed E-state index contributed by atoms with van der Waals surface area (Å²) in [4.78, 5) is -0.179. The van der Waals surface area contributed by atoms with Crippen LogP contribution in [-0.2, 0) is 10.0 Å². The van der Waals surface area contributed by atoms with Gasteiger partial charge >= 0.3 is 0 Å². The van der Waals surface area contributed by atoms with Gasteiger partial charge in [0, 0.05) is 0 Å². The van der Waals surface area contributed by atoms with E-state index in [1.165, 1.54) is 19.2 Å². The maximum atomic E-state index is 13.2. The number of nitrogens with one attached hydrogen (secondary N) is 1. The highest BCUT2D eigenvalue weighted by molar-refractivity contribution is 9.10. The lowest BCUT2D eigenvalue weighted by atomic mass is 10.3. The molecule has 0 saturated carbocycles. The van der Waals surface area contributed by atoms with Crippen LogP contribution in [0.1, 0.15) is 0 Å². The summed E-state index contributed by atoms with van der Waals surface area (Å²) >= 11 is 8.29. The predicted molar refractivity (Wildman–Crippen MR) is 55.4 cm³/mol. The standard InChI is InChI=1S/C7H6BrClFNO2S/c1-11-14(12,13)5-3-2-4(9)7(10)6(5)8/h2-3,11H,1H3. The third kappa shape index (κ3) is 2.08. The fourth-order valence-corrected chi connectivity index (χ4v) is 2.88. The Morgan fingerprint density at radius 2 is 2.07 bits per heavy atom. The Morgan fingerprint density at radius 3 is 2.57 bits per heavy atom. The minimum Gasteiger partial charge on any atom is -0.214 e. The van der Waals surface area contributed by atoms with Crippen molar-refractivity contribution in [3.8, 4) is 0 Å². The van der Waals surface area contributed by atoms with Crippen molar-refractivity contribution in [3.05, 3.63) is 27.4 Å². The number of halogens is 3. The molecule has 0 amide bonds. The zero-order valence-corrected chi connectivity index (χ0v) is 10.2. The third-order valence-electron chi connectivity index (χ3n) is 1.56. The van der Waals surface area contributed by atoms with Gasteiger partial charge in [-0.2, -0.15) is 0 Å². The van der Waals surface area contributed by atoms with Crippen molar-refractivity contribution in [2.75, 3.05) is 7.05 Å². The van der Waals surface area contributed by atoms with E-state index in [0.717, 1.165) is 0 Å². The van der Waals surface area contributed by atoms with E-state index in [9.17, 15) is 12.8 Å². The largest absolute Gasteiger partial charge is 0.241 e. The van der Waals surface area contributed by atoms with Gasteiger partial charge in [0.15, 0.2) is 5.82 Å². The molecule has 1 aromatic rings. The fourth-order valence-electron chi connectivity index (χ4n) is 0.826. The maximum absolute atomic E-state index is 13.2. The highest BCUT2D eigenvalue weighted by atomic mass is 79.9. The van der Waals surface area contributed by atoms with Crippen molar-refractivity contribution >= 4 is 37.6 Å². The van der Waals surface area contributed by atoms with Gasteiger partial charge in [-0.3, -0.25) is 0 Å². The Bertz CT molecular complexity index is 463. The first kappa shape index (κ1) is 11.9. The van der Waals surface area contributed by atoms with E-state index >= 15 is 0 Å². The fraction of sp³-hybridized carbons (Fsp3) is 0.143. The summed E-state index contributed by atoms with van der Waals surface area (Å²) in [6.07, 6.45) is 0. The first-order valence-electron chi connectivity index (χ1n) is 3.47. The number of rotatable bonds is 2. The van der Waals surface area contributed by atoms with E-state index in [-0.39, 0.29) is 14.4 Å². The summed E-state index contributed by atoms with van der Waals surface area (Å²) in [7, 11) is -2.42. The lowest BCUT2D eigenvalue weighted by molar-refractivity contribution is 0.581. The van der Waals surface area contributed by atoms with Crippen LogP contribution >= 0.6 is 27.5 Å². The van der Waals surface area contributed by atoms with E-state index in [1.807, 2.05) is 0 Å². The SMILES string of the molecule is CNS(=O)(=O)c1ccc(Cl)c(F)c1Br. The molecule has 0 spiro atoms. The number of hydrogen-bond acceptors (Lipinski definition) is 2. The molecule has 0 aromatic heterocycles. The molecule has 0 radical (unpaired) electrons. The molecular weight excluding hydrogens is 297 g/mol. The minimum absolute atomic E-state index is 0.132. The molecule has 0 saturated heterocycles. The smallest absolute Gasteiger partial charge is 0.214 e. The minimum atomic E-state index is -3.66. The van der Waals surface area contributed by atoms with Crippen LogP contribution in [0.2, 0.25) is 5.02 Å². The second kappa shape index (κ2) is 4.14. The summed E-state index contributed by atoms with van der Waals surface area (Å²) in [5.41, 5.74) is 0. The zero-order valence-electron chi connectivity index (χ0n) is 7.01. The zero-order chi connectivity index (χ0) is 10.9. The number of sulfonamides is 1. The number of hydrogen-bond donors (Lipinski definition) is 1. The van der Waals surface area contributed by atoms with Crippen molar-refractivity contribution in [3.63, 3.8) is 0 Å². The van der Waals surface area contributed by atoms with Crippen LogP contribution < -0.4 is 4.72 Å². The Balaban J connectivity index is 3.47. The summed E-state index contributed by atoms with van der Waals surface area (Å²) in [6.45, 7) is 0. The normalized spacial score (nSPS) is 11.7. The number of benzene rings is 1. The Labute approximate surface area is 94.4 Å². The molecule has 0 aliphatic rings. The first-order valence-corrected chi connectivity index (χ1v) is 6.12.